The predicted octanol–water partition coefficient (Wildman–Crippen LogP) is 6.67. The van der Waals surface area contributed by atoms with Gasteiger partial charge >= 0.3 is 0 Å². The van der Waals surface area contributed by atoms with Crippen molar-refractivity contribution in [2.75, 3.05) is 19.4 Å². The molecule has 40 heavy (non-hydrogen) atoms. The minimum absolute atomic E-state index is 0.0747. The number of hydrogen-bond acceptors (Lipinski definition) is 7. The van der Waals surface area contributed by atoms with Gasteiger partial charge in [0.25, 0.3) is 0 Å². The summed E-state index contributed by atoms with van der Waals surface area (Å²) in [6.45, 7) is 4.09. The summed E-state index contributed by atoms with van der Waals surface area (Å²) in [5.41, 5.74) is 14.4. The number of carbonyl (C=O) groups is 1. The van der Waals surface area contributed by atoms with Crippen LogP contribution in [0.3, 0.4) is 0 Å². The van der Waals surface area contributed by atoms with Crippen LogP contribution in [0.4, 0.5) is 10.1 Å². The molecule has 0 aliphatic carbocycles. The second kappa shape index (κ2) is 15.3. The van der Waals surface area contributed by atoms with E-state index < -0.39 is 18.3 Å². The average molecular weight is 595 g/mol. The summed E-state index contributed by atoms with van der Waals surface area (Å²) in [6, 6.07) is 8.39. The molecule has 3 rings (SSSR count). The van der Waals surface area contributed by atoms with E-state index in [9.17, 15) is 9.18 Å². The van der Waals surface area contributed by atoms with E-state index in [1.54, 1.807) is 13.0 Å². The van der Waals surface area contributed by atoms with Gasteiger partial charge in [-0.2, -0.15) is 5.10 Å². The highest BCUT2D eigenvalue weighted by molar-refractivity contribution is 6.36. The average Bonchev–Trinajstić information content (AvgIpc) is 3.42. The van der Waals surface area contributed by atoms with Crippen LogP contribution in [0.5, 0.6) is 5.75 Å². The van der Waals surface area contributed by atoms with Gasteiger partial charge in [0, 0.05) is 35.9 Å². The van der Waals surface area contributed by atoms with Crippen molar-refractivity contribution in [3.63, 3.8) is 0 Å². The summed E-state index contributed by atoms with van der Waals surface area (Å²) < 4.78 is 27.0. The Morgan fingerprint density at radius 1 is 1.18 bits per heavy atom. The molecule has 2 aromatic carbocycles. The molecular weight excluding hydrogens is 556 g/mol. The Morgan fingerprint density at radius 2 is 1.95 bits per heavy atom. The van der Waals surface area contributed by atoms with Crippen LogP contribution in [0.25, 0.3) is 11.1 Å². The highest BCUT2D eigenvalue weighted by Gasteiger charge is 2.20. The number of nitrogens with zero attached hydrogens (tertiary/aromatic N) is 2. The van der Waals surface area contributed by atoms with Gasteiger partial charge in [-0.15, -0.1) is 0 Å². The highest BCUT2D eigenvalue weighted by Crippen LogP contribution is 2.37. The number of ketones is 1. The smallest absolute Gasteiger partial charge is 0.160 e. The van der Waals surface area contributed by atoms with Crippen LogP contribution in [0.1, 0.15) is 70.1 Å². The standard InChI is InChI=1S/C29H38Cl2FN5O3/c1-4-7-21(8-5-6-9-22(38)16-35-29(34)39-3)37-17-20(15-36-37)19-10-13-25(33)26(14-19)40-18(2)27-23(30)11-12-24(32)28(27)31/h10-15,17-18,21,29,35H,4-9,16,33-34H2,1-3H3. The number of halogens is 3. The maximum Gasteiger partial charge on any atom is 0.160 e. The monoisotopic (exact) mass is 593 g/mol. The summed E-state index contributed by atoms with van der Waals surface area (Å²) in [5.74, 6) is -0.0221. The number of carbonyl (C=O) groups excluding carboxylic acids is 1. The lowest BCUT2D eigenvalue weighted by Crippen LogP contribution is -2.41. The van der Waals surface area contributed by atoms with Gasteiger partial charge in [-0.3, -0.25) is 20.5 Å². The lowest BCUT2D eigenvalue weighted by Gasteiger charge is -2.19. The van der Waals surface area contributed by atoms with Crippen LogP contribution in [0, 0.1) is 5.82 Å². The molecule has 0 radical (unpaired) electrons. The Morgan fingerprint density at radius 3 is 2.67 bits per heavy atom. The maximum absolute atomic E-state index is 14.0. The van der Waals surface area contributed by atoms with E-state index in [-0.39, 0.29) is 23.4 Å². The van der Waals surface area contributed by atoms with Gasteiger partial charge in [0.2, 0.25) is 0 Å². The molecule has 1 heterocycles. The first-order valence-corrected chi connectivity index (χ1v) is 14.2. The molecule has 0 spiro atoms. The van der Waals surface area contributed by atoms with Crippen molar-refractivity contribution in [1.82, 2.24) is 15.1 Å². The first kappa shape index (κ1) is 31.8. The van der Waals surface area contributed by atoms with E-state index in [1.165, 1.54) is 19.2 Å². The largest absolute Gasteiger partial charge is 0.484 e. The molecule has 3 atom stereocenters. The van der Waals surface area contributed by atoms with Crippen LogP contribution < -0.4 is 21.5 Å². The van der Waals surface area contributed by atoms with E-state index in [0.717, 1.165) is 43.2 Å². The molecule has 11 heteroatoms. The van der Waals surface area contributed by atoms with Gasteiger partial charge < -0.3 is 15.2 Å². The lowest BCUT2D eigenvalue weighted by atomic mass is 10.0. The second-order valence-electron chi connectivity index (χ2n) is 9.74. The number of ether oxygens (including phenoxy) is 2. The molecule has 0 aliphatic heterocycles. The van der Waals surface area contributed by atoms with Crippen molar-refractivity contribution >= 4 is 34.7 Å². The van der Waals surface area contributed by atoms with E-state index in [1.807, 2.05) is 29.2 Å². The number of anilines is 1. The third-order valence-electron chi connectivity index (χ3n) is 6.73. The topological polar surface area (TPSA) is 117 Å². The second-order valence-corrected chi connectivity index (χ2v) is 10.5. The minimum atomic E-state index is -0.635. The molecule has 3 aromatic rings. The molecule has 0 saturated heterocycles. The van der Waals surface area contributed by atoms with Crippen molar-refractivity contribution in [3.8, 4) is 16.9 Å². The molecular formula is C29H38Cl2FN5O3. The fourth-order valence-corrected chi connectivity index (χ4v) is 5.18. The van der Waals surface area contributed by atoms with Gasteiger partial charge in [-0.1, -0.05) is 49.0 Å². The van der Waals surface area contributed by atoms with Crippen molar-refractivity contribution < 1.29 is 18.7 Å². The third kappa shape index (κ3) is 8.65. The maximum atomic E-state index is 14.0. The lowest BCUT2D eigenvalue weighted by molar-refractivity contribution is -0.119. The number of unbranched alkanes of at least 4 members (excludes halogenated alkanes) is 1. The van der Waals surface area contributed by atoms with Gasteiger partial charge in [0.15, 0.2) is 6.35 Å². The highest BCUT2D eigenvalue weighted by atomic mass is 35.5. The quantitative estimate of drug-likeness (QED) is 0.0734. The fraction of sp³-hybridized carbons (Fsp3) is 0.448. The Hall–Kier alpha value is -2.69. The number of rotatable bonds is 16. The number of aromatic nitrogens is 2. The fourth-order valence-electron chi connectivity index (χ4n) is 4.50. The molecule has 1 aromatic heterocycles. The first-order chi connectivity index (χ1) is 19.1. The summed E-state index contributed by atoms with van der Waals surface area (Å²) in [5, 5.41) is 7.71. The van der Waals surface area contributed by atoms with Gasteiger partial charge in [-0.25, -0.2) is 4.39 Å². The third-order valence-corrected chi connectivity index (χ3v) is 7.45. The van der Waals surface area contributed by atoms with Gasteiger partial charge in [-0.05, 0) is 56.0 Å². The van der Waals surface area contributed by atoms with Crippen molar-refractivity contribution in [2.24, 2.45) is 5.73 Å². The number of methoxy groups -OCH3 is 1. The van der Waals surface area contributed by atoms with E-state index >= 15 is 0 Å². The molecule has 8 nitrogen and oxygen atoms in total. The predicted molar refractivity (Wildman–Crippen MR) is 158 cm³/mol. The normalized spacial score (nSPS) is 13.7. The van der Waals surface area contributed by atoms with Gasteiger partial charge in [0.05, 0.1) is 29.5 Å². The molecule has 218 valence electrons. The zero-order valence-corrected chi connectivity index (χ0v) is 24.6. The molecule has 0 bridgehead atoms. The van der Waals surface area contributed by atoms with Gasteiger partial charge in [0.1, 0.15) is 23.5 Å². The summed E-state index contributed by atoms with van der Waals surface area (Å²) in [6.07, 6.45) is 7.66. The van der Waals surface area contributed by atoms with Crippen LogP contribution >= 0.6 is 23.2 Å². The summed E-state index contributed by atoms with van der Waals surface area (Å²) in [7, 11) is 1.49. The Kier molecular flexibility index (Phi) is 12.2. The number of benzene rings is 2. The number of Topliss-reactive ketones (excluding diaryl/α,β-unsaturated/α-hetero) is 1. The molecule has 3 unspecified atom stereocenters. The van der Waals surface area contributed by atoms with E-state index in [0.29, 0.717) is 28.4 Å². The van der Waals surface area contributed by atoms with E-state index in [4.69, 9.17) is 44.1 Å². The molecule has 5 N–H and O–H groups in total. The molecule has 0 fully saturated rings. The number of nitrogens with one attached hydrogen (secondary N) is 1. The van der Waals surface area contributed by atoms with Crippen molar-refractivity contribution in [2.45, 2.75) is 70.9 Å². The number of hydrogen-bond donors (Lipinski definition) is 3. The van der Waals surface area contributed by atoms with E-state index in [2.05, 4.69) is 17.3 Å². The number of nitrogen functional groups attached to an aromatic ring is 1. The molecule has 0 saturated carbocycles. The Bertz CT molecular complexity index is 1270. The van der Waals surface area contributed by atoms with Crippen LogP contribution in [0.15, 0.2) is 42.7 Å². The molecule has 0 amide bonds. The summed E-state index contributed by atoms with van der Waals surface area (Å²) >= 11 is 12.4. The van der Waals surface area contributed by atoms with Crippen LogP contribution in [0.2, 0.25) is 10.0 Å². The van der Waals surface area contributed by atoms with Crippen molar-refractivity contribution in [1.29, 1.82) is 0 Å². The minimum Gasteiger partial charge on any atom is -0.484 e. The Labute approximate surface area is 245 Å². The van der Waals surface area contributed by atoms with Crippen LogP contribution in [-0.2, 0) is 9.53 Å². The zero-order valence-electron chi connectivity index (χ0n) is 23.1. The Balaban J connectivity index is 1.66. The first-order valence-electron chi connectivity index (χ1n) is 13.4. The zero-order chi connectivity index (χ0) is 29.2. The number of nitrogens with two attached hydrogens (primary N) is 2. The van der Waals surface area contributed by atoms with Crippen LogP contribution in [-0.4, -0.2) is 35.6 Å². The summed E-state index contributed by atoms with van der Waals surface area (Å²) in [4.78, 5) is 12.1. The van der Waals surface area contributed by atoms with Crippen molar-refractivity contribution in [3.05, 3.63) is 64.2 Å². The SMILES string of the molecule is CCCC(CCCCC(=O)CNC(N)OC)n1cc(-c2ccc(N)c(OC(C)c3c(Cl)ccc(F)c3Cl)c2)cn1. The molecule has 0 aliphatic rings.